The van der Waals surface area contributed by atoms with Crippen molar-refractivity contribution in [2.45, 2.75) is 6.54 Å². The Morgan fingerprint density at radius 2 is 1.80 bits per heavy atom. The van der Waals surface area contributed by atoms with Crippen LogP contribution in [0.5, 0.6) is 11.5 Å². The molecule has 0 saturated heterocycles. The van der Waals surface area contributed by atoms with Gasteiger partial charge in [0.2, 0.25) is 0 Å². The van der Waals surface area contributed by atoms with Gasteiger partial charge in [-0.15, -0.1) is 0 Å². The van der Waals surface area contributed by atoms with Crippen LogP contribution in [0, 0.1) is 0 Å². The lowest BCUT2D eigenvalue weighted by Gasteiger charge is -2.18. The Morgan fingerprint density at radius 1 is 1.00 bits per heavy atom. The fourth-order valence-electron chi connectivity index (χ4n) is 2.58. The van der Waals surface area contributed by atoms with Gasteiger partial charge in [-0.25, -0.2) is 0 Å². The molecule has 1 amide bonds. The molecule has 0 aliphatic carbocycles. The number of carbonyl (C=O) groups is 1. The average Bonchev–Trinajstić information content (AvgIpc) is 3.17. The molecule has 1 N–H and O–H groups in total. The van der Waals surface area contributed by atoms with Crippen LogP contribution in [0.1, 0.15) is 16.1 Å². The number of hydrogen-bond acceptors (Lipinski definition) is 5. The molecule has 0 bridgehead atoms. The summed E-state index contributed by atoms with van der Waals surface area (Å²) in [4.78, 5) is 12.2. The molecule has 0 radical (unpaired) electrons. The fraction of sp³-hybridized carbons (Fsp3) is 0.158. The van der Waals surface area contributed by atoms with Crippen LogP contribution in [0.3, 0.4) is 0 Å². The van der Waals surface area contributed by atoms with Crippen molar-refractivity contribution >= 4 is 5.91 Å². The molecule has 126 valence electrons. The lowest BCUT2D eigenvalue weighted by Crippen LogP contribution is -2.22. The highest BCUT2D eigenvalue weighted by Gasteiger charge is 2.17. The van der Waals surface area contributed by atoms with Gasteiger partial charge in [-0.1, -0.05) is 35.5 Å². The summed E-state index contributed by atoms with van der Waals surface area (Å²) in [5, 5.41) is 6.68. The van der Waals surface area contributed by atoms with Crippen LogP contribution in [-0.2, 0) is 6.54 Å². The summed E-state index contributed by atoms with van der Waals surface area (Å²) in [6.07, 6.45) is 0. The topological polar surface area (TPSA) is 73.6 Å². The van der Waals surface area contributed by atoms with Crippen molar-refractivity contribution in [1.82, 2.24) is 10.5 Å². The van der Waals surface area contributed by atoms with E-state index in [1.165, 1.54) is 0 Å². The molecular weight excluding hydrogens is 320 g/mol. The molecule has 2 aromatic carbocycles. The van der Waals surface area contributed by atoms with Crippen molar-refractivity contribution in [3.63, 3.8) is 0 Å². The molecule has 0 fully saturated rings. The van der Waals surface area contributed by atoms with Gasteiger partial charge < -0.3 is 19.3 Å². The van der Waals surface area contributed by atoms with E-state index < -0.39 is 0 Å². The first-order valence-electron chi connectivity index (χ1n) is 7.98. The van der Waals surface area contributed by atoms with Gasteiger partial charge in [0.1, 0.15) is 13.2 Å². The molecule has 25 heavy (non-hydrogen) atoms. The number of aromatic nitrogens is 1. The molecule has 6 nitrogen and oxygen atoms in total. The van der Waals surface area contributed by atoms with Gasteiger partial charge in [0.15, 0.2) is 23.0 Å². The van der Waals surface area contributed by atoms with E-state index in [4.69, 9.17) is 14.0 Å². The molecule has 0 atom stereocenters. The number of nitrogens with one attached hydrogen (secondary N) is 1. The molecule has 0 spiro atoms. The standard InChI is InChI=1S/C19H16N2O4/c22-19(20-12-13-4-2-1-3-5-13)15-11-17(25-21-15)14-6-7-16-18(10-14)24-9-8-23-16/h1-7,10-11H,8-9,12H2,(H,20,22). The van der Waals surface area contributed by atoms with Crippen molar-refractivity contribution in [3.05, 3.63) is 65.9 Å². The average molecular weight is 336 g/mol. The highest BCUT2D eigenvalue weighted by molar-refractivity contribution is 5.93. The minimum atomic E-state index is -0.281. The second-order valence-electron chi connectivity index (χ2n) is 5.60. The van der Waals surface area contributed by atoms with Crippen molar-refractivity contribution < 1.29 is 18.8 Å². The molecule has 2 heterocycles. The van der Waals surface area contributed by atoms with E-state index in [2.05, 4.69) is 10.5 Å². The fourth-order valence-corrected chi connectivity index (χ4v) is 2.58. The van der Waals surface area contributed by atoms with Gasteiger partial charge in [0.05, 0.1) is 0 Å². The van der Waals surface area contributed by atoms with Crippen molar-refractivity contribution in [1.29, 1.82) is 0 Å². The number of fused-ring (bicyclic) bond motifs is 1. The van der Waals surface area contributed by atoms with Gasteiger partial charge in [0, 0.05) is 18.2 Å². The Morgan fingerprint density at radius 3 is 2.64 bits per heavy atom. The normalized spacial score (nSPS) is 12.6. The van der Waals surface area contributed by atoms with E-state index >= 15 is 0 Å². The van der Waals surface area contributed by atoms with Crippen LogP contribution >= 0.6 is 0 Å². The first-order valence-corrected chi connectivity index (χ1v) is 7.98. The van der Waals surface area contributed by atoms with E-state index in [0.717, 1.165) is 11.1 Å². The number of nitrogens with zero attached hydrogens (tertiary/aromatic N) is 1. The zero-order chi connectivity index (χ0) is 17.1. The summed E-state index contributed by atoms with van der Waals surface area (Å²) in [6, 6.07) is 16.8. The lowest BCUT2D eigenvalue weighted by molar-refractivity contribution is 0.0942. The Hall–Kier alpha value is -3.28. The predicted molar refractivity (Wildman–Crippen MR) is 90.5 cm³/mol. The number of amides is 1. The van der Waals surface area contributed by atoms with Crippen LogP contribution in [-0.4, -0.2) is 24.3 Å². The first-order chi connectivity index (χ1) is 12.3. The molecule has 1 aliphatic rings. The van der Waals surface area contributed by atoms with Crippen LogP contribution in [0.2, 0.25) is 0 Å². The lowest BCUT2D eigenvalue weighted by atomic mass is 10.1. The van der Waals surface area contributed by atoms with Gasteiger partial charge in [-0.2, -0.15) is 0 Å². The summed E-state index contributed by atoms with van der Waals surface area (Å²) >= 11 is 0. The van der Waals surface area contributed by atoms with E-state index in [1.54, 1.807) is 6.07 Å². The first kappa shape index (κ1) is 15.3. The van der Waals surface area contributed by atoms with Crippen LogP contribution < -0.4 is 14.8 Å². The SMILES string of the molecule is O=C(NCc1ccccc1)c1cc(-c2ccc3c(c2)OCCO3)on1. The predicted octanol–water partition coefficient (Wildman–Crippen LogP) is 3.04. The number of carbonyl (C=O) groups excluding carboxylic acids is 1. The zero-order valence-corrected chi connectivity index (χ0v) is 13.4. The van der Waals surface area contributed by atoms with Gasteiger partial charge in [-0.05, 0) is 23.8 Å². The van der Waals surface area contributed by atoms with Gasteiger partial charge in [-0.3, -0.25) is 4.79 Å². The largest absolute Gasteiger partial charge is 0.486 e. The molecule has 1 aliphatic heterocycles. The summed E-state index contributed by atoms with van der Waals surface area (Å²) in [6.45, 7) is 1.49. The Bertz CT molecular complexity index is 889. The Labute approximate surface area is 144 Å². The van der Waals surface area contributed by atoms with Crippen molar-refractivity contribution in [2.75, 3.05) is 13.2 Å². The molecule has 4 rings (SSSR count). The Kier molecular flexibility index (Phi) is 4.08. The third-order valence-corrected chi connectivity index (χ3v) is 3.87. The maximum absolute atomic E-state index is 12.2. The maximum Gasteiger partial charge on any atom is 0.273 e. The third-order valence-electron chi connectivity index (χ3n) is 3.87. The monoisotopic (exact) mass is 336 g/mol. The highest BCUT2D eigenvalue weighted by Crippen LogP contribution is 2.34. The molecular formula is C19H16N2O4. The van der Waals surface area contributed by atoms with E-state index in [-0.39, 0.29) is 11.6 Å². The Balaban J connectivity index is 1.47. The summed E-state index contributed by atoms with van der Waals surface area (Å²) in [7, 11) is 0. The third kappa shape index (κ3) is 3.33. The van der Waals surface area contributed by atoms with Crippen LogP contribution in [0.25, 0.3) is 11.3 Å². The van der Waals surface area contributed by atoms with Crippen LogP contribution in [0.15, 0.2) is 59.1 Å². The molecule has 3 aromatic rings. The van der Waals surface area contributed by atoms with Crippen molar-refractivity contribution in [2.24, 2.45) is 0 Å². The molecule has 1 aromatic heterocycles. The summed E-state index contributed by atoms with van der Waals surface area (Å²) in [5.41, 5.74) is 2.03. The minimum absolute atomic E-state index is 0.237. The maximum atomic E-state index is 12.2. The smallest absolute Gasteiger partial charge is 0.273 e. The van der Waals surface area contributed by atoms with Crippen LogP contribution in [0.4, 0.5) is 0 Å². The van der Waals surface area contributed by atoms with E-state index in [1.807, 2.05) is 48.5 Å². The molecule has 0 saturated carbocycles. The van der Waals surface area contributed by atoms with Gasteiger partial charge in [0.25, 0.3) is 5.91 Å². The van der Waals surface area contributed by atoms with Gasteiger partial charge >= 0.3 is 0 Å². The minimum Gasteiger partial charge on any atom is -0.486 e. The van der Waals surface area contributed by atoms with Crippen molar-refractivity contribution in [3.8, 4) is 22.8 Å². The number of hydrogen-bond donors (Lipinski definition) is 1. The van der Waals surface area contributed by atoms with E-state index in [9.17, 15) is 4.79 Å². The second-order valence-corrected chi connectivity index (χ2v) is 5.60. The second kappa shape index (κ2) is 6.68. The summed E-state index contributed by atoms with van der Waals surface area (Å²) < 4.78 is 16.4. The quantitative estimate of drug-likeness (QED) is 0.793. The molecule has 6 heteroatoms. The molecule has 0 unspecified atom stereocenters. The van der Waals surface area contributed by atoms with E-state index in [0.29, 0.717) is 37.0 Å². The zero-order valence-electron chi connectivity index (χ0n) is 13.4. The number of ether oxygens (including phenoxy) is 2. The summed E-state index contributed by atoms with van der Waals surface area (Å²) in [5.74, 6) is 1.59. The number of rotatable bonds is 4. The highest BCUT2D eigenvalue weighted by atomic mass is 16.6. The number of benzene rings is 2.